The molecule has 0 aliphatic carbocycles. The normalized spacial score (nSPS) is 19.4. The standard InChI is InChI=1S/C19H28N2O3/c1-3-21(16-7-9-24-10-8-16)17-13-20(14-17)19(22)12-15-5-4-6-18(11-15)23-2/h4-6,11,16-17H,3,7-10,12-14H2,1-2H3. The number of rotatable bonds is 6. The van der Waals surface area contributed by atoms with E-state index >= 15 is 0 Å². The lowest BCUT2D eigenvalue weighted by molar-refractivity contribution is -0.139. The van der Waals surface area contributed by atoms with Crippen LogP contribution in [0.3, 0.4) is 0 Å². The highest BCUT2D eigenvalue weighted by Gasteiger charge is 2.37. The van der Waals surface area contributed by atoms with Gasteiger partial charge in [0.15, 0.2) is 0 Å². The maximum absolute atomic E-state index is 12.5. The monoisotopic (exact) mass is 332 g/mol. The van der Waals surface area contributed by atoms with E-state index in [0.717, 1.165) is 57.0 Å². The molecular formula is C19H28N2O3. The van der Waals surface area contributed by atoms with Crippen molar-refractivity contribution in [1.82, 2.24) is 9.80 Å². The molecule has 2 saturated heterocycles. The van der Waals surface area contributed by atoms with E-state index in [0.29, 0.717) is 18.5 Å². The van der Waals surface area contributed by atoms with E-state index in [1.54, 1.807) is 7.11 Å². The lowest BCUT2D eigenvalue weighted by Gasteiger charge is -2.48. The Kier molecular flexibility index (Phi) is 5.74. The highest BCUT2D eigenvalue weighted by molar-refractivity contribution is 5.79. The van der Waals surface area contributed by atoms with Crippen LogP contribution < -0.4 is 4.74 Å². The van der Waals surface area contributed by atoms with Gasteiger partial charge in [0.25, 0.3) is 0 Å². The molecule has 1 aromatic rings. The number of hydrogen-bond donors (Lipinski definition) is 0. The van der Waals surface area contributed by atoms with Crippen LogP contribution in [0.1, 0.15) is 25.3 Å². The number of methoxy groups -OCH3 is 1. The zero-order chi connectivity index (χ0) is 16.9. The molecule has 0 aromatic heterocycles. The fraction of sp³-hybridized carbons (Fsp3) is 0.632. The maximum Gasteiger partial charge on any atom is 0.227 e. The summed E-state index contributed by atoms with van der Waals surface area (Å²) >= 11 is 0. The summed E-state index contributed by atoms with van der Waals surface area (Å²) in [5, 5.41) is 0. The lowest BCUT2D eigenvalue weighted by Crippen LogP contribution is -2.63. The van der Waals surface area contributed by atoms with E-state index in [4.69, 9.17) is 9.47 Å². The molecule has 0 saturated carbocycles. The Balaban J connectivity index is 1.50. The van der Waals surface area contributed by atoms with Gasteiger partial charge in [-0.1, -0.05) is 19.1 Å². The highest BCUT2D eigenvalue weighted by Crippen LogP contribution is 2.23. The van der Waals surface area contributed by atoms with Crippen molar-refractivity contribution in [2.24, 2.45) is 0 Å². The van der Waals surface area contributed by atoms with Crippen LogP contribution in [0.25, 0.3) is 0 Å². The molecule has 2 aliphatic rings. The first kappa shape index (κ1) is 17.2. The van der Waals surface area contributed by atoms with Crippen molar-refractivity contribution in [3.63, 3.8) is 0 Å². The third-order valence-electron chi connectivity index (χ3n) is 5.20. The Morgan fingerprint density at radius 2 is 2.04 bits per heavy atom. The molecule has 1 aromatic carbocycles. The average Bonchev–Trinajstić information content (AvgIpc) is 2.58. The summed E-state index contributed by atoms with van der Waals surface area (Å²) in [5.41, 5.74) is 1.01. The smallest absolute Gasteiger partial charge is 0.227 e. The van der Waals surface area contributed by atoms with Crippen molar-refractivity contribution in [1.29, 1.82) is 0 Å². The Hall–Kier alpha value is -1.59. The fourth-order valence-electron chi connectivity index (χ4n) is 3.77. The van der Waals surface area contributed by atoms with Crippen LogP contribution in [0.4, 0.5) is 0 Å². The molecule has 1 amide bonds. The van der Waals surface area contributed by atoms with Gasteiger partial charge in [0.1, 0.15) is 5.75 Å². The van der Waals surface area contributed by atoms with Crippen LogP contribution in [-0.4, -0.2) is 67.7 Å². The molecular weight excluding hydrogens is 304 g/mol. The quantitative estimate of drug-likeness (QED) is 0.798. The Morgan fingerprint density at radius 1 is 1.29 bits per heavy atom. The molecule has 0 spiro atoms. The van der Waals surface area contributed by atoms with Crippen LogP contribution >= 0.6 is 0 Å². The van der Waals surface area contributed by atoms with Crippen LogP contribution in [0.2, 0.25) is 0 Å². The van der Waals surface area contributed by atoms with Crippen molar-refractivity contribution in [2.75, 3.05) is 40.0 Å². The van der Waals surface area contributed by atoms with Crippen LogP contribution in [0.15, 0.2) is 24.3 Å². The van der Waals surface area contributed by atoms with E-state index in [9.17, 15) is 4.79 Å². The van der Waals surface area contributed by atoms with Gasteiger partial charge in [0, 0.05) is 38.4 Å². The third-order valence-corrected chi connectivity index (χ3v) is 5.20. The number of likely N-dealkylation sites (tertiary alicyclic amines) is 1. The number of amides is 1. The van der Waals surface area contributed by atoms with E-state index in [-0.39, 0.29) is 5.91 Å². The minimum absolute atomic E-state index is 0.211. The van der Waals surface area contributed by atoms with E-state index < -0.39 is 0 Å². The Bertz CT molecular complexity index is 551. The summed E-state index contributed by atoms with van der Waals surface area (Å²) in [5.74, 6) is 1.01. The van der Waals surface area contributed by atoms with Gasteiger partial charge in [-0.3, -0.25) is 9.69 Å². The fourth-order valence-corrected chi connectivity index (χ4v) is 3.77. The molecule has 0 unspecified atom stereocenters. The average molecular weight is 332 g/mol. The van der Waals surface area contributed by atoms with E-state index in [2.05, 4.69) is 11.8 Å². The Morgan fingerprint density at radius 3 is 2.71 bits per heavy atom. The number of ether oxygens (including phenoxy) is 2. The summed E-state index contributed by atoms with van der Waals surface area (Å²) in [6, 6.07) is 8.88. The number of likely N-dealkylation sites (N-methyl/N-ethyl adjacent to an activating group) is 1. The second-order valence-electron chi connectivity index (χ2n) is 6.65. The highest BCUT2D eigenvalue weighted by atomic mass is 16.5. The van der Waals surface area contributed by atoms with E-state index in [1.165, 1.54) is 0 Å². The summed E-state index contributed by atoms with van der Waals surface area (Å²) in [4.78, 5) is 17.0. The van der Waals surface area contributed by atoms with E-state index in [1.807, 2.05) is 29.2 Å². The summed E-state index contributed by atoms with van der Waals surface area (Å²) in [6.07, 6.45) is 2.68. The molecule has 5 heteroatoms. The van der Waals surface area contributed by atoms with Crippen molar-refractivity contribution >= 4 is 5.91 Å². The van der Waals surface area contributed by atoms with Crippen molar-refractivity contribution in [3.8, 4) is 5.75 Å². The zero-order valence-corrected chi connectivity index (χ0v) is 14.7. The van der Waals surface area contributed by atoms with Gasteiger partial charge < -0.3 is 14.4 Å². The molecule has 3 rings (SSSR count). The second kappa shape index (κ2) is 7.99. The molecule has 0 radical (unpaired) electrons. The minimum atomic E-state index is 0.211. The largest absolute Gasteiger partial charge is 0.497 e. The van der Waals surface area contributed by atoms with Gasteiger partial charge in [-0.05, 0) is 37.1 Å². The first-order chi connectivity index (χ1) is 11.7. The third kappa shape index (κ3) is 3.90. The molecule has 0 atom stereocenters. The predicted octanol–water partition coefficient (Wildman–Crippen LogP) is 1.95. The Labute approximate surface area is 144 Å². The molecule has 132 valence electrons. The van der Waals surface area contributed by atoms with Crippen molar-refractivity contribution in [2.45, 2.75) is 38.3 Å². The lowest BCUT2D eigenvalue weighted by atomic mass is 9.99. The molecule has 2 fully saturated rings. The zero-order valence-electron chi connectivity index (χ0n) is 14.7. The molecule has 5 nitrogen and oxygen atoms in total. The molecule has 0 bridgehead atoms. The van der Waals surface area contributed by atoms with Gasteiger partial charge >= 0.3 is 0 Å². The predicted molar refractivity (Wildman–Crippen MR) is 93.3 cm³/mol. The van der Waals surface area contributed by atoms with Gasteiger partial charge in [0.05, 0.1) is 13.5 Å². The van der Waals surface area contributed by atoms with Gasteiger partial charge in [0.2, 0.25) is 5.91 Å². The topological polar surface area (TPSA) is 42.0 Å². The number of nitrogens with zero attached hydrogens (tertiary/aromatic N) is 2. The summed E-state index contributed by atoms with van der Waals surface area (Å²) in [7, 11) is 1.65. The number of carbonyl (C=O) groups is 1. The molecule has 24 heavy (non-hydrogen) atoms. The summed E-state index contributed by atoms with van der Waals surface area (Å²) < 4.78 is 10.7. The number of benzene rings is 1. The molecule has 0 N–H and O–H groups in total. The first-order valence-corrected chi connectivity index (χ1v) is 8.95. The minimum Gasteiger partial charge on any atom is -0.497 e. The van der Waals surface area contributed by atoms with Crippen LogP contribution in [-0.2, 0) is 16.0 Å². The molecule has 2 heterocycles. The van der Waals surface area contributed by atoms with Gasteiger partial charge in [-0.2, -0.15) is 0 Å². The van der Waals surface area contributed by atoms with Crippen LogP contribution in [0, 0.1) is 0 Å². The summed E-state index contributed by atoms with van der Waals surface area (Å²) in [6.45, 7) is 6.71. The van der Waals surface area contributed by atoms with Crippen LogP contribution in [0.5, 0.6) is 5.75 Å². The van der Waals surface area contributed by atoms with Crippen molar-refractivity contribution in [3.05, 3.63) is 29.8 Å². The van der Waals surface area contributed by atoms with Gasteiger partial charge in [-0.15, -0.1) is 0 Å². The second-order valence-corrected chi connectivity index (χ2v) is 6.65. The first-order valence-electron chi connectivity index (χ1n) is 8.95. The molecule has 2 aliphatic heterocycles. The van der Waals surface area contributed by atoms with Gasteiger partial charge in [-0.25, -0.2) is 0 Å². The maximum atomic E-state index is 12.5. The number of hydrogen-bond acceptors (Lipinski definition) is 4. The van der Waals surface area contributed by atoms with Crippen molar-refractivity contribution < 1.29 is 14.3 Å². The SMILES string of the molecule is CCN(C1CCOCC1)C1CN(C(=O)Cc2cccc(OC)c2)C1. The number of carbonyl (C=O) groups excluding carboxylic acids is 1.